The highest BCUT2D eigenvalue weighted by Gasteiger charge is 2.23. The van der Waals surface area contributed by atoms with Crippen LogP contribution in [-0.2, 0) is 16.0 Å². The number of ketones is 1. The number of hydrogen-bond donors (Lipinski definition) is 1. The smallest absolute Gasteiger partial charge is 0.142 e. The number of aryl methyl sites for hydroxylation is 1. The van der Waals surface area contributed by atoms with Crippen molar-refractivity contribution in [1.29, 1.82) is 0 Å². The largest absolute Gasteiger partial charge is 0.457 e. The van der Waals surface area contributed by atoms with Gasteiger partial charge >= 0.3 is 0 Å². The molecule has 0 aliphatic carbocycles. The van der Waals surface area contributed by atoms with Crippen LogP contribution in [0.15, 0.2) is 73.4 Å². The first kappa shape index (κ1) is 22.2. The summed E-state index contributed by atoms with van der Waals surface area (Å²) >= 11 is 0. The summed E-state index contributed by atoms with van der Waals surface area (Å²) in [6.07, 6.45) is 8.31. The summed E-state index contributed by atoms with van der Waals surface area (Å²) in [5.41, 5.74) is 4.46. The molecule has 36 heavy (non-hydrogen) atoms. The molecule has 0 spiro atoms. The molecule has 8 nitrogen and oxygen atoms in total. The molecule has 1 fully saturated rings. The van der Waals surface area contributed by atoms with Crippen molar-refractivity contribution in [1.82, 2.24) is 19.4 Å². The molecule has 3 aromatic heterocycles. The second-order valence-corrected chi connectivity index (χ2v) is 9.04. The fraction of sp³-hybridized carbons (Fsp3) is 0.214. The maximum absolute atomic E-state index is 12.6. The Morgan fingerprint density at radius 3 is 2.92 bits per heavy atom. The molecule has 1 saturated heterocycles. The van der Waals surface area contributed by atoms with Crippen LogP contribution in [0.2, 0.25) is 0 Å². The third-order valence-corrected chi connectivity index (χ3v) is 6.50. The van der Waals surface area contributed by atoms with Crippen molar-refractivity contribution >= 4 is 33.8 Å². The van der Waals surface area contributed by atoms with E-state index in [1.54, 1.807) is 12.5 Å². The van der Waals surface area contributed by atoms with E-state index in [4.69, 9.17) is 9.47 Å². The summed E-state index contributed by atoms with van der Waals surface area (Å²) in [6.45, 7) is 3.20. The first-order valence-electron chi connectivity index (χ1n) is 11.9. The van der Waals surface area contributed by atoms with Crippen molar-refractivity contribution in [2.75, 3.05) is 18.5 Å². The minimum atomic E-state index is -0.00403. The van der Waals surface area contributed by atoms with E-state index in [-0.39, 0.29) is 11.7 Å². The number of aromatic nitrogens is 4. The number of hydrogen-bond acceptors (Lipinski definition) is 7. The average Bonchev–Trinajstić information content (AvgIpc) is 3.58. The van der Waals surface area contributed by atoms with Gasteiger partial charge in [0.25, 0.3) is 0 Å². The lowest BCUT2D eigenvalue weighted by Gasteiger charge is -2.13. The zero-order valence-corrected chi connectivity index (χ0v) is 19.8. The van der Waals surface area contributed by atoms with Crippen molar-refractivity contribution in [3.05, 3.63) is 84.6 Å². The van der Waals surface area contributed by atoms with Crippen LogP contribution in [-0.4, -0.2) is 38.3 Å². The highest BCUT2D eigenvalue weighted by Crippen LogP contribution is 2.30. The van der Waals surface area contributed by atoms with Crippen LogP contribution in [0, 0.1) is 12.8 Å². The van der Waals surface area contributed by atoms with Crippen LogP contribution >= 0.6 is 0 Å². The Morgan fingerprint density at radius 2 is 2.06 bits per heavy atom. The molecule has 6 rings (SSSR count). The van der Waals surface area contributed by atoms with Gasteiger partial charge in [-0.3, -0.25) is 4.79 Å². The predicted octanol–water partition coefficient (Wildman–Crippen LogP) is 5.27. The van der Waals surface area contributed by atoms with Crippen LogP contribution in [0.5, 0.6) is 11.5 Å². The molecule has 1 aliphatic rings. The summed E-state index contributed by atoms with van der Waals surface area (Å²) in [5, 5.41) is 4.28. The quantitative estimate of drug-likeness (QED) is 0.340. The molecule has 1 aliphatic heterocycles. The minimum absolute atomic E-state index is 0.00403. The number of carbonyl (C=O) groups is 1. The van der Waals surface area contributed by atoms with E-state index in [9.17, 15) is 4.79 Å². The maximum Gasteiger partial charge on any atom is 0.142 e. The van der Waals surface area contributed by atoms with Crippen molar-refractivity contribution in [2.45, 2.75) is 19.8 Å². The summed E-state index contributed by atoms with van der Waals surface area (Å²) in [4.78, 5) is 25.8. The van der Waals surface area contributed by atoms with Crippen LogP contribution in [0.4, 0.5) is 11.5 Å². The first-order chi connectivity index (χ1) is 17.6. The Bertz CT molecular complexity index is 1570. The van der Waals surface area contributed by atoms with Gasteiger partial charge in [-0.05, 0) is 60.9 Å². The number of imidazole rings is 1. The van der Waals surface area contributed by atoms with Gasteiger partial charge in [0.2, 0.25) is 0 Å². The Hall–Kier alpha value is -4.30. The summed E-state index contributed by atoms with van der Waals surface area (Å²) in [5.74, 6) is 2.40. The molecule has 0 saturated carbocycles. The van der Waals surface area contributed by atoms with Crippen LogP contribution in [0.25, 0.3) is 16.6 Å². The number of rotatable bonds is 7. The van der Waals surface area contributed by atoms with Gasteiger partial charge in [-0.2, -0.15) is 0 Å². The van der Waals surface area contributed by atoms with Crippen molar-refractivity contribution in [3.63, 3.8) is 0 Å². The summed E-state index contributed by atoms with van der Waals surface area (Å²) < 4.78 is 13.4. The molecule has 1 unspecified atom stereocenters. The number of Topliss-reactive ketones (excluding diaryl/α,β-unsaturated/α-hetero) is 1. The number of benzene rings is 2. The number of ether oxygens (including phenoxy) is 2. The SMILES string of the molecule is Cc1cc(Nc2ncnc3ccc(CC(=O)C4CCOC4)cc23)ccc1Oc1ccn2ccnc2c1. The Morgan fingerprint density at radius 1 is 1.11 bits per heavy atom. The number of nitrogens with zero attached hydrogens (tertiary/aromatic N) is 4. The second-order valence-electron chi connectivity index (χ2n) is 9.04. The van der Waals surface area contributed by atoms with Crippen molar-refractivity contribution in [3.8, 4) is 11.5 Å². The van der Waals surface area contributed by atoms with Gasteiger partial charge < -0.3 is 19.2 Å². The van der Waals surface area contributed by atoms with E-state index < -0.39 is 0 Å². The Balaban J connectivity index is 1.22. The van der Waals surface area contributed by atoms with E-state index in [0.29, 0.717) is 25.5 Å². The Labute approximate surface area is 207 Å². The number of fused-ring (bicyclic) bond motifs is 2. The fourth-order valence-electron chi connectivity index (χ4n) is 4.51. The lowest BCUT2D eigenvalue weighted by molar-refractivity contribution is -0.122. The molecule has 2 aromatic carbocycles. The van der Waals surface area contributed by atoms with Crippen LogP contribution in [0.1, 0.15) is 17.5 Å². The van der Waals surface area contributed by atoms with E-state index in [1.165, 1.54) is 0 Å². The van der Waals surface area contributed by atoms with Gasteiger partial charge in [0, 0.05) is 54.7 Å². The molecule has 4 heterocycles. The van der Waals surface area contributed by atoms with Crippen molar-refractivity contribution < 1.29 is 14.3 Å². The average molecular weight is 480 g/mol. The molecule has 1 atom stereocenters. The van der Waals surface area contributed by atoms with Gasteiger partial charge in [0.05, 0.1) is 12.1 Å². The number of anilines is 2. The first-order valence-corrected chi connectivity index (χ1v) is 11.9. The standard InChI is InChI=1S/C28H25N5O3/c1-18-12-21(3-5-26(18)36-22-6-9-33-10-8-29-27(33)15-22)32-28-23-13-19(2-4-24(23)30-17-31-28)14-25(34)20-7-11-35-16-20/h2-6,8-10,12-13,15,17,20H,7,11,14,16H2,1H3,(H,30,31,32). The van der Waals surface area contributed by atoms with Gasteiger partial charge in [0.15, 0.2) is 0 Å². The molecular formula is C28H25N5O3. The fourth-order valence-corrected chi connectivity index (χ4v) is 4.51. The predicted molar refractivity (Wildman–Crippen MR) is 137 cm³/mol. The van der Waals surface area contributed by atoms with E-state index in [2.05, 4.69) is 20.3 Å². The van der Waals surface area contributed by atoms with Gasteiger partial charge in [-0.25, -0.2) is 15.0 Å². The number of carbonyl (C=O) groups excluding carboxylic acids is 1. The maximum atomic E-state index is 12.6. The van der Waals surface area contributed by atoms with Crippen LogP contribution in [0.3, 0.4) is 0 Å². The van der Waals surface area contributed by atoms with Gasteiger partial charge in [-0.1, -0.05) is 6.07 Å². The molecule has 180 valence electrons. The lowest BCUT2D eigenvalue weighted by atomic mass is 9.96. The molecule has 0 bridgehead atoms. The second kappa shape index (κ2) is 9.39. The molecule has 5 aromatic rings. The molecular weight excluding hydrogens is 454 g/mol. The molecule has 0 amide bonds. The summed E-state index contributed by atoms with van der Waals surface area (Å²) in [7, 11) is 0. The van der Waals surface area contributed by atoms with E-state index in [0.717, 1.165) is 51.3 Å². The topological polar surface area (TPSA) is 90.6 Å². The number of pyridine rings is 1. The highest BCUT2D eigenvalue weighted by molar-refractivity contribution is 5.92. The monoisotopic (exact) mass is 479 g/mol. The van der Waals surface area contributed by atoms with Gasteiger partial charge in [-0.15, -0.1) is 0 Å². The van der Waals surface area contributed by atoms with E-state index in [1.807, 2.05) is 72.2 Å². The highest BCUT2D eigenvalue weighted by atomic mass is 16.5. The lowest BCUT2D eigenvalue weighted by Crippen LogP contribution is -2.16. The third-order valence-electron chi connectivity index (χ3n) is 6.50. The zero-order valence-electron chi connectivity index (χ0n) is 19.8. The zero-order chi connectivity index (χ0) is 24.5. The normalized spacial score (nSPS) is 15.4. The van der Waals surface area contributed by atoms with Crippen molar-refractivity contribution in [2.24, 2.45) is 5.92 Å². The minimum Gasteiger partial charge on any atom is -0.457 e. The van der Waals surface area contributed by atoms with Crippen LogP contribution < -0.4 is 10.1 Å². The van der Waals surface area contributed by atoms with E-state index >= 15 is 0 Å². The molecule has 0 radical (unpaired) electrons. The van der Waals surface area contributed by atoms with Gasteiger partial charge in [0.1, 0.15) is 35.1 Å². The third kappa shape index (κ3) is 4.50. The number of nitrogens with one attached hydrogen (secondary N) is 1. The molecule has 8 heteroatoms. The summed E-state index contributed by atoms with van der Waals surface area (Å²) in [6, 6.07) is 15.6. The Kier molecular flexibility index (Phi) is 5.79. The molecule has 1 N–H and O–H groups in total.